The third kappa shape index (κ3) is 298. The van der Waals surface area contributed by atoms with Crippen molar-refractivity contribution in [2.75, 3.05) is 0 Å². The van der Waals surface area contributed by atoms with Gasteiger partial charge < -0.3 is 17.0 Å². The Hall–Kier alpha value is 1.52. The van der Waals surface area contributed by atoms with Gasteiger partial charge in [-0.15, -0.1) is 0 Å². The Labute approximate surface area is 88.9 Å². The summed E-state index contributed by atoms with van der Waals surface area (Å²) in [6.45, 7) is 0. The van der Waals surface area contributed by atoms with E-state index in [-0.39, 0.29) is 55.9 Å². The van der Waals surface area contributed by atoms with Gasteiger partial charge in [-0.25, -0.2) is 0 Å². The molecule has 0 N–H and O–H groups in total. The molecule has 0 aliphatic heterocycles. The SMILES string of the molecule is F[Si-2](F)(F)(F)(F)F.[Br-].[Zn+2].[Zn+2]. The summed E-state index contributed by atoms with van der Waals surface area (Å²) >= 11 is 0. The van der Waals surface area contributed by atoms with Crippen LogP contribution in [-0.2, 0) is 39.0 Å². The fourth-order valence-electron chi connectivity index (χ4n) is 0. The molecule has 0 bridgehead atoms. The molecule has 0 nitrogen and oxygen atoms in total. The molecule has 56 valence electrons. The Morgan fingerprint density at radius 1 is 0.600 bits per heavy atom. The van der Waals surface area contributed by atoms with Crippen LogP contribution in [0.2, 0.25) is 0 Å². The first-order valence-corrected chi connectivity index (χ1v) is 3.40. The van der Waals surface area contributed by atoms with Gasteiger partial charge in [0.2, 0.25) is 0 Å². The Bertz CT molecular complexity index is 74.3. The molecule has 0 saturated heterocycles. The van der Waals surface area contributed by atoms with E-state index in [1.165, 1.54) is 0 Å². The molecule has 0 aromatic rings. The Morgan fingerprint density at radius 2 is 0.600 bits per heavy atom. The molecule has 10 heavy (non-hydrogen) atoms. The van der Waals surface area contributed by atoms with Gasteiger partial charge in [-0.2, -0.15) is 0 Å². The van der Waals surface area contributed by atoms with Crippen molar-refractivity contribution in [1.82, 2.24) is 0 Å². The Kier molecular flexibility index (Phi) is 7.88. The van der Waals surface area contributed by atoms with E-state index in [9.17, 15) is 24.6 Å². The molecule has 0 amide bonds. The smallest absolute Gasteiger partial charge is 1.00 e. The summed E-state index contributed by atoms with van der Waals surface area (Å²) in [6, 6.07) is 0. The standard InChI is InChI=1S/BrH.F6Si.2Zn/c;1-7(2,3,4,5)6;;/h1H;;;/q;-2;2*+2/p-1. The summed E-state index contributed by atoms with van der Waals surface area (Å²) < 4.78 is 59.3. The number of halogens is 7. The zero-order chi connectivity index (χ0) is 6.41. The first kappa shape index (κ1) is 22.5. The van der Waals surface area contributed by atoms with E-state index in [1.54, 1.807) is 0 Å². The van der Waals surface area contributed by atoms with Crippen LogP contribution in [0.1, 0.15) is 0 Å². The van der Waals surface area contributed by atoms with Gasteiger partial charge in [0.15, 0.2) is 0 Å². The van der Waals surface area contributed by atoms with Crippen LogP contribution < -0.4 is 17.0 Å². The van der Waals surface area contributed by atoms with Gasteiger partial charge in [-0.05, 0) is 0 Å². The maximum atomic E-state index is 9.88. The van der Waals surface area contributed by atoms with Gasteiger partial charge >= 0.3 is 72.2 Å². The van der Waals surface area contributed by atoms with E-state index < -0.39 is 8.63 Å². The van der Waals surface area contributed by atoms with Crippen LogP contribution in [0, 0.1) is 0 Å². The van der Waals surface area contributed by atoms with Crippen molar-refractivity contribution in [3.8, 4) is 0 Å². The molecule has 0 spiro atoms. The quantitative estimate of drug-likeness (QED) is 0.302. The fourth-order valence-corrected chi connectivity index (χ4v) is 0. The maximum Gasteiger partial charge on any atom is 2.00 e. The van der Waals surface area contributed by atoms with E-state index in [1.807, 2.05) is 0 Å². The van der Waals surface area contributed by atoms with Crippen LogP contribution in [0.4, 0.5) is 24.6 Å². The van der Waals surface area contributed by atoms with Crippen molar-refractivity contribution < 1.29 is 80.6 Å². The second kappa shape index (κ2) is 3.50. The molecule has 10 heteroatoms. The van der Waals surface area contributed by atoms with Gasteiger partial charge in [-0.1, -0.05) is 0 Å². The summed E-state index contributed by atoms with van der Waals surface area (Å²) in [6.07, 6.45) is 0. The van der Waals surface area contributed by atoms with E-state index in [4.69, 9.17) is 0 Å². The first-order valence-electron chi connectivity index (χ1n) is 1.13. The summed E-state index contributed by atoms with van der Waals surface area (Å²) in [5, 5.41) is 0. The molecule has 0 rings (SSSR count). The van der Waals surface area contributed by atoms with E-state index >= 15 is 0 Å². The molecule has 0 radical (unpaired) electrons. The topological polar surface area (TPSA) is 0 Å². The predicted octanol–water partition coefficient (Wildman–Crippen LogP) is -0.861. The fraction of sp³-hybridized carbons (Fsp3) is 0. The van der Waals surface area contributed by atoms with Gasteiger partial charge in [0.1, 0.15) is 0 Å². The van der Waals surface area contributed by atoms with Crippen LogP contribution in [0.15, 0.2) is 0 Å². The van der Waals surface area contributed by atoms with Gasteiger partial charge in [-0.3, -0.25) is 0 Å². The molecule has 0 aromatic heterocycles. The molecule has 0 saturated carbocycles. The molecule has 0 aliphatic rings. The number of hydrogen-bond donors (Lipinski definition) is 0. The van der Waals surface area contributed by atoms with E-state index in [0.29, 0.717) is 0 Å². The average molecular weight is 353 g/mol. The summed E-state index contributed by atoms with van der Waals surface area (Å²) in [7, 11) is -10.8. The Balaban J connectivity index is -0.0000000600. The van der Waals surface area contributed by atoms with E-state index in [2.05, 4.69) is 0 Å². The van der Waals surface area contributed by atoms with Crippen molar-refractivity contribution in [2.24, 2.45) is 0 Å². The summed E-state index contributed by atoms with van der Waals surface area (Å²) in [5.41, 5.74) is 0. The van der Waals surface area contributed by atoms with Crippen molar-refractivity contribution in [3.63, 3.8) is 0 Å². The summed E-state index contributed by atoms with van der Waals surface area (Å²) in [4.78, 5) is 0. The second-order valence-corrected chi connectivity index (χ2v) is 3.21. The van der Waals surface area contributed by atoms with Gasteiger partial charge in [0.25, 0.3) is 0 Å². The Morgan fingerprint density at radius 3 is 0.600 bits per heavy atom. The van der Waals surface area contributed by atoms with Crippen molar-refractivity contribution in [2.45, 2.75) is 0 Å². The molecular formula is BrF6SiZn2+. The largest absolute Gasteiger partial charge is 2.00 e. The summed E-state index contributed by atoms with van der Waals surface area (Å²) in [5.74, 6) is 0. The zero-order valence-electron chi connectivity index (χ0n) is 4.56. The minimum Gasteiger partial charge on any atom is -1.00 e. The molecule has 0 aliphatic carbocycles. The van der Waals surface area contributed by atoms with Crippen LogP contribution in [0.5, 0.6) is 0 Å². The molecular weight excluding hydrogens is 353 g/mol. The molecule has 0 atom stereocenters. The average Bonchev–Trinajstić information content (AvgIpc) is 0.592. The first-order chi connectivity index (χ1) is 2.45. The minimum absolute atomic E-state index is 0. The van der Waals surface area contributed by atoms with E-state index in [0.717, 1.165) is 0 Å². The molecule has 0 fully saturated rings. The van der Waals surface area contributed by atoms with Crippen LogP contribution in [0.25, 0.3) is 0 Å². The third-order valence-corrected chi connectivity index (χ3v) is 0. The number of rotatable bonds is 0. The van der Waals surface area contributed by atoms with Crippen molar-refractivity contribution >= 4 is 8.63 Å². The van der Waals surface area contributed by atoms with Crippen LogP contribution in [-0.4, -0.2) is 8.63 Å². The molecule has 0 unspecified atom stereocenters. The predicted molar refractivity (Wildman–Crippen MR) is 12.4 cm³/mol. The zero-order valence-corrected chi connectivity index (χ0v) is 13.1. The normalized spacial score (nSPS) is 16.2. The molecule has 0 heterocycles. The van der Waals surface area contributed by atoms with Crippen LogP contribution >= 0.6 is 0 Å². The van der Waals surface area contributed by atoms with Gasteiger partial charge in [0.05, 0.1) is 0 Å². The minimum atomic E-state index is -10.8. The maximum absolute atomic E-state index is 10.8. The van der Waals surface area contributed by atoms with Crippen molar-refractivity contribution in [1.29, 1.82) is 0 Å². The molecule has 0 aromatic carbocycles. The monoisotopic (exact) mass is 349 g/mol. The second-order valence-electron chi connectivity index (χ2n) is 1.07. The van der Waals surface area contributed by atoms with Crippen molar-refractivity contribution in [3.05, 3.63) is 0 Å². The van der Waals surface area contributed by atoms with Gasteiger partial charge in [0, 0.05) is 0 Å². The van der Waals surface area contributed by atoms with Crippen LogP contribution in [0.3, 0.4) is 0 Å². The third-order valence-electron chi connectivity index (χ3n) is 0. The number of hydrogen-bond acceptors (Lipinski definition) is 0.